The molecular weight excluding hydrogens is 267 g/mol. The van der Waals surface area contributed by atoms with Gasteiger partial charge in [-0.05, 0) is 35.4 Å². The van der Waals surface area contributed by atoms with Crippen LogP contribution >= 0.6 is 22.6 Å². The molecule has 0 amide bonds. The minimum absolute atomic E-state index is 0.179. The van der Waals surface area contributed by atoms with Crippen molar-refractivity contribution in [3.63, 3.8) is 0 Å². The van der Waals surface area contributed by atoms with Crippen LogP contribution in [0.5, 0.6) is 0 Å². The predicted octanol–water partition coefficient (Wildman–Crippen LogP) is 3.18. The van der Waals surface area contributed by atoms with Crippen LogP contribution in [0.3, 0.4) is 0 Å². The second-order valence-corrected chi connectivity index (χ2v) is 9.79. The van der Waals surface area contributed by atoms with Crippen molar-refractivity contribution < 1.29 is 4.80 Å². The standard InChI is InChI=1S/C8H19IOSi/c1-8(2,6-5-7-9)11(3,4)10/h10H,5-7H2,1-4H3. The monoisotopic (exact) mass is 286 g/mol. The largest absolute Gasteiger partial charge is 0.432 e. The van der Waals surface area contributed by atoms with Gasteiger partial charge in [0.15, 0.2) is 8.32 Å². The summed E-state index contributed by atoms with van der Waals surface area (Å²) in [6.45, 7) is 8.43. The van der Waals surface area contributed by atoms with Crippen LogP contribution in [0.2, 0.25) is 18.1 Å². The maximum Gasteiger partial charge on any atom is 0.188 e. The second kappa shape index (κ2) is 4.23. The lowest BCUT2D eigenvalue weighted by molar-refractivity contribution is 0.449. The molecule has 0 saturated heterocycles. The van der Waals surface area contributed by atoms with Crippen molar-refractivity contribution in [2.45, 2.75) is 44.8 Å². The maximum atomic E-state index is 9.91. The van der Waals surface area contributed by atoms with E-state index in [2.05, 4.69) is 36.4 Å². The zero-order chi connectivity index (χ0) is 9.12. The normalized spacial score (nSPS) is 13.6. The Balaban J connectivity index is 4.00. The van der Waals surface area contributed by atoms with Crippen LogP contribution < -0.4 is 0 Å². The van der Waals surface area contributed by atoms with Crippen molar-refractivity contribution in [1.29, 1.82) is 0 Å². The third kappa shape index (κ3) is 3.89. The minimum atomic E-state index is -1.93. The molecule has 0 rings (SSSR count). The Hall–Kier alpha value is 0.907. The summed E-state index contributed by atoms with van der Waals surface area (Å²) in [7, 11) is -1.93. The highest BCUT2D eigenvalue weighted by molar-refractivity contribution is 14.1. The van der Waals surface area contributed by atoms with Crippen molar-refractivity contribution in [2.75, 3.05) is 4.43 Å². The van der Waals surface area contributed by atoms with E-state index in [-0.39, 0.29) is 5.04 Å². The summed E-state index contributed by atoms with van der Waals surface area (Å²) in [5.74, 6) is 0. The molecule has 0 saturated carbocycles. The third-order valence-corrected chi connectivity index (χ3v) is 6.92. The molecule has 11 heavy (non-hydrogen) atoms. The molecule has 0 aromatic rings. The van der Waals surface area contributed by atoms with Gasteiger partial charge in [0.2, 0.25) is 0 Å². The van der Waals surface area contributed by atoms with E-state index in [1.807, 2.05) is 13.1 Å². The van der Waals surface area contributed by atoms with Gasteiger partial charge in [0.05, 0.1) is 0 Å². The number of hydrogen-bond donors (Lipinski definition) is 1. The average Bonchev–Trinajstić information content (AvgIpc) is 1.81. The molecule has 0 bridgehead atoms. The number of alkyl halides is 1. The van der Waals surface area contributed by atoms with Crippen molar-refractivity contribution >= 4 is 30.9 Å². The molecule has 0 unspecified atom stereocenters. The lowest BCUT2D eigenvalue weighted by atomic mass is 10.1. The van der Waals surface area contributed by atoms with E-state index in [9.17, 15) is 4.80 Å². The van der Waals surface area contributed by atoms with E-state index in [1.165, 1.54) is 10.8 Å². The van der Waals surface area contributed by atoms with Gasteiger partial charge < -0.3 is 4.80 Å². The molecule has 0 aliphatic heterocycles. The van der Waals surface area contributed by atoms with Crippen LogP contribution in [0, 0.1) is 0 Å². The third-order valence-electron chi connectivity index (χ3n) is 2.59. The first-order valence-electron chi connectivity index (χ1n) is 4.09. The summed E-state index contributed by atoms with van der Waals surface area (Å²) in [5.41, 5.74) is 0. The van der Waals surface area contributed by atoms with E-state index in [0.29, 0.717) is 0 Å². The van der Waals surface area contributed by atoms with Gasteiger partial charge in [-0.25, -0.2) is 0 Å². The fourth-order valence-corrected chi connectivity index (χ4v) is 1.98. The molecule has 68 valence electrons. The van der Waals surface area contributed by atoms with Crippen molar-refractivity contribution in [2.24, 2.45) is 0 Å². The summed E-state index contributed by atoms with van der Waals surface area (Å²) in [6.07, 6.45) is 2.39. The maximum absolute atomic E-state index is 9.91. The van der Waals surface area contributed by atoms with Crippen LogP contribution in [-0.4, -0.2) is 17.5 Å². The van der Waals surface area contributed by atoms with E-state index < -0.39 is 8.32 Å². The number of hydrogen-bond acceptors (Lipinski definition) is 1. The molecule has 3 heteroatoms. The van der Waals surface area contributed by atoms with Crippen molar-refractivity contribution in [1.82, 2.24) is 0 Å². The van der Waals surface area contributed by atoms with Gasteiger partial charge in [-0.2, -0.15) is 0 Å². The smallest absolute Gasteiger partial charge is 0.188 e. The van der Waals surface area contributed by atoms with Gasteiger partial charge in [-0.3, -0.25) is 0 Å². The zero-order valence-electron chi connectivity index (χ0n) is 7.95. The molecule has 1 N–H and O–H groups in total. The van der Waals surface area contributed by atoms with Gasteiger partial charge in [0.1, 0.15) is 0 Å². The molecule has 0 aliphatic rings. The summed E-state index contributed by atoms with van der Waals surface area (Å²) >= 11 is 2.39. The van der Waals surface area contributed by atoms with E-state index >= 15 is 0 Å². The number of rotatable bonds is 4. The average molecular weight is 286 g/mol. The Morgan fingerprint density at radius 2 is 1.82 bits per heavy atom. The molecule has 0 spiro atoms. The lowest BCUT2D eigenvalue weighted by Crippen LogP contribution is -2.38. The fourth-order valence-electron chi connectivity index (χ4n) is 0.815. The van der Waals surface area contributed by atoms with Crippen molar-refractivity contribution in [3.05, 3.63) is 0 Å². The van der Waals surface area contributed by atoms with Gasteiger partial charge >= 0.3 is 0 Å². The molecule has 0 heterocycles. The van der Waals surface area contributed by atoms with Crippen LogP contribution in [0.4, 0.5) is 0 Å². The summed E-state index contributed by atoms with van der Waals surface area (Å²) in [4.78, 5) is 9.91. The van der Waals surface area contributed by atoms with Crippen LogP contribution in [0.15, 0.2) is 0 Å². The first-order valence-corrected chi connectivity index (χ1v) is 8.57. The Morgan fingerprint density at radius 1 is 1.36 bits per heavy atom. The Bertz CT molecular complexity index is 118. The highest BCUT2D eigenvalue weighted by Gasteiger charge is 2.36. The van der Waals surface area contributed by atoms with Crippen LogP contribution in [0.1, 0.15) is 26.7 Å². The van der Waals surface area contributed by atoms with Crippen LogP contribution in [0.25, 0.3) is 0 Å². The first kappa shape index (κ1) is 11.9. The summed E-state index contributed by atoms with van der Waals surface area (Å²) in [5, 5.41) is 0.179. The van der Waals surface area contributed by atoms with Gasteiger partial charge in [0, 0.05) is 0 Å². The molecule has 0 aromatic heterocycles. The summed E-state index contributed by atoms with van der Waals surface area (Å²) in [6, 6.07) is 0. The molecule has 0 fully saturated rings. The summed E-state index contributed by atoms with van der Waals surface area (Å²) < 4.78 is 1.20. The Morgan fingerprint density at radius 3 is 2.09 bits per heavy atom. The van der Waals surface area contributed by atoms with Crippen LogP contribution in [-0.2, 0) is 0 Å². The molecule has 0 aromatic carbocycles. The van der Waals surface area contributed by atoms with Gasteiger partial charge in [-0.1, -0.05) is 36.4 Å². The molecule has 0 aliphatic carbocycles. The molecule has 0 radical (unpaired) electrons. The van der Waals surface area contributed by atoms with E-state index in [4.69, 9.17) is 0 Å². The SMILES string of the molecule is CC(C)(CCCI)[Si](C)(C)O. The molecule has 1 nitrogen and oxygen atoms in total. The molecular formula is C8H19IOSi. The lowest BCUT2D eigenvalue weighted by Gasteiger charge is -2.34. The van der Waals surface area contributed by atoms with E-state index in [1.54, 1.807) is 0 Å². The first-order chi connectivity index (χ1) is 4.81. The van der Waals surface area contributed by atoms with Crippen molar-refractivity contribution in [3.8, 4) is 0 Å². The number of halogens is 1. The minimum Gasteiger partial charge on any atom is -0.432 e. The quantitative estimate of drug-likeness (QED) is 0.478. The Labute approximate surface area is 84.9 Å². The highest BCUT2D eigenvalue weighted by Crippen LogP contribution is 2.39. The predicted molar refractivity (Wildman–Crippen MR) is 61.9 cm³/mol. The molecule has 0 atom stereocenters. The highest BCUT2D eigenvalue weighted by atomic mass is 127. The fraction of sp³-hybridized carbons (Fsp3) is 1.00. The van der Waals surface area contributed by atoms with Gasteiger partial charge in [-0.15, -0.1) is 0 Å². The van der Waals surface area contributed by atoms with E-state index in [0.717, 1.165) is 6.42 Å². The second-order valence-electron chi connectivity index (χ2n) is 4.24. The Kier molecular flexibility index (Phi) is 4.58. The zero-order valence-corrected chi connectivity index (χ0v) is 11.1. The van der Waals surface area contributed by atoms with Gasteiger partial charge in [0.25, 0.3) is 0 Å². The topological polar surface area (TPSA) is 20.2 Å².